The van der Waals surface area contributed by atoms with Crippen LogP contribution >= 0.6 is 34.5 Å². The molecule has 6 nitrogen and oxygen atoms in total. The molecular weight excluding hydrogens is 454 g/mol. The molecule has 0 aliphatic carbocycles. The average molecular weight is 467 g/mol. The van der Waals surface area contributed by atoms with Crippen molar-refractivity contribution in [1.29, 1.82) is 0 Å². The van der Waals surface area contributed by atoms with E-state index >= 15 is 0 Å². The molecule has 0 radical (unpaired) electrons. The zero-order chi connectivity index (χ0) is 21.6. The number of halogens is 3. The molecule has 2 aromatic heterocycles. The van der Waals surface area contributed by atoms with E-state index in [1.807, 2.05) is 0 Å². The van der Waals surface area contributed by atoms with Crippen LogP contribution < -0.4 is 4.74 Å². The predicted octanol–water partition coefficient (Wildman–Crippen LogP) is 6.08. The number of hydrogen-bond donors (Lipinski definition) is 2. The van der Waals surface area contributed by atoms with Gasteiger partial charge < -0.3 is 14.9 Å². The van der Waals surface area contributed by atoms with Crippen LogP contribution in [0.2, 0.25) is 10.0 Å². The highest BCUT2D eigenvalue weighted by Gasteiger charge is 2.23. The van der Waals surface area contributed by atoms with Crippen LogP contribution in [0, 0.1) is 5.82 Å². The van der Waals surface area contributed by atoms with E-state index in [9.17, 15) is 19.4 Å². The summed E-state index contributed by atoms with van der Waals surface area (Å²) in [5.41, 5.74) is 1.74. The number of aromatic nitrogens is 2. The molecule has 4 aromatic rings. The minimum Gasteiger partial charge on any atom is -0.504 e. The van der Waals surface area contributed by atoms with E-state index in [4.69, 9.17) is 27.9 Å². The van der Waals surface area contributed by atoms with Crippen LogP contribution in [0.25, 0.3) is 16.0 Å². The van der Waals surface area contributed by atoms with Gasteiger partial charge in [0.2, 0.25) is 0 Å². The van der Waals surface area contributed by atoms with Crippen molar-refractivity contribution < 1.29 is 24.1 Å². The van der Waals surface area contributed by atoms with E-state index in [2.05, 4.69) is 4.98 Å². The molecule has 0 saturated heterocycles. The zero-order valence-corrected chi connectivity index (χ0v) is 17.6. The Kier molecular flexibility index (Phi) is 5.31. The summed E-state index contributed by atoms with van der Waals surface area (Å²) in [5.74, 6) is -2.58. The van der Waals surface area contributed by atoms with Crippen LogP contribution in [-0.2, 0) is 0 Å². The van der Waals surface area contributed by atoms with Crippen molar-refractivity contribution in [2.75, 3.05) is 0 Å². The molecule has 10 heteroatoms. The van der Waals surface area contributed by atoms with Crippen molar-refractivity contribution in [2.45, 2.75) is 13.0 Å². The van der Waals surface area contributed by atoms with Crippen LogP contribution in [0.4, 0.5) is 4.39 Å². The van der Waals surface area contributed by atoms with Gasteiger partial charge in [0.05, 0.1) is 16.1 Å². The summed E-state index contributed by atoms with van der Waals surface area (Å²) in [6, 6.07) is 9.24. The van der Waals surface area contributed by atoms with Crippen molar-refractivity contribution in [3.63, 3.8) is 0 Å². The van der Waals surface area contributed by atoms with E-state index in [0.717, 1.165) is 22.9 Å². The summed E-state index contributed by atoms with van der Waals surface area (Å²) < 4.78 is 21.0. The molecule has 0 unspecified atom stereocenters. The molecule has 154 valence electrons. The first-order valence-electron chi connectivity index (χ1n) is 8.60. The van der Waals surface area contributed by atoms with Crippen molar-refractivity contribution in [1.82, 2.24) is 9.55 Å². The molecule has 2 N–H and O–H groups in total. The predicted molar refractivity (Wildman–Crippen MR) is 113 cm³/mol. The molecule has 4 rings (SSSR count). The second-order valence-corrected chi connectivity index (χ2v) is 8.24. The number of phenolic OH excluding ortho intramolecular Hbond substituents is 1. The van der Waals surface area contributed by atoms with Gasteiger partial charge >= 0.3 is 5.97 Å². The quantitative estimate of drug-likeness (QED) is 0.372. The zero-order valence-electron chi connectivity index (χ0n) is 15.3. The second-order valence-electron chi connectivity index (χ2n) is 6.39. The maximum absolute atomic E-state index is 13.5. The monoisotopic (exact) mass is 466 g/mol. The minimum absolute atomic E-state index is 0.0184. The highest BCUT2D eigenvalue weighted by atomic mass is 35.5. The van der Waals surface area contributed by atoms with E-state index in [1.54, 1.807) is 42.1 Å². The molecule has 0 aliphatic heterocycles. The van der Waals surface area contributed by atoms with E-state index in [-0.39, 0.29) is 15.6 Å². The molecule has 0 amide bonds. The summed E-state index contributed by atoms with van der Waals surface area (Å²) in [7, 11) is 0. The fourth-order valence-electron chi connectivity index (χ4n) is 3.00. The van der Waals surface area contributed by atoms with Gasteiger partial charge in [0, 0.05) is 16.7 Å². The number of thiophene rings is 1. The van der Waals surface area contributed by atoms with Crippen molar-refractivity contribution in [3.05, 3.63) is 69.0 Å². The van der Waals surface area contributed by atoms with Gasteiger partial charge in [-0.3, -0.25) is 4.57 Å². The summed E-state index contributed by atoms with van der Waals surface area (Å²) in [6.07, 6.45) is 0.823. The molecule has 0 spiro atoms. The minimum atomic E-state index is -1.16. The molecule has 2 heterocycles. The van der Waals surface area contributed by atoms with Crippen LogP contribution in [0.3, 0.4) is 0 Å². The molecule has 30 heavy (non-hydrogen) atoms. The summed E-state index contributed by atoms with van der Waals surface area (Å²) in [4.78, 5) is 16.0. The van der Waals surface area contributed by atoms with Crippen LogP contribution in [0.15, 0.2) is 42.7 Å². The summed E-state index contributed by atoms with van der Waals surface area (Å²) in [6.45, 7) is 1.62. The Labute approximate surface area is 183 Å². The molecule has 0 fully saturated rings. The number of benzene rings is 2. The number of aromatic hydroxyl groups is 1. The molecule has 0 bridgehead atoms. The number of aromatic carboxylic acids is 1. The summed E-state index contributed by atoms with van der Waals surface area (Å²) in [5, 5.41) is 20.3. The lowest BCUT2D eigenvalue weighted by atomic mass is 10.1. The van der Waals surface area contributed by atoms with Crippen LogP contribution in [0.1, 0.15) is 28.3 Å². The second kappa shape index (κ2) is 7.79. The van der Waals surface area contributed by atoms with Crippen molar-refractivity contribution in [2.24, 2.45) is 0 Å². The smallest absolute Gasteiger partial charge is 0.349 e. The number of fused-ring (bicyclic) bond motifs is 1. The molecule has 2 aromatic carbocycles. The van der Waals surface area contributed by atoms with E-state index < -0.39 is 23.6 Å². The van der Waals surface area contributed by atoms with Gasteiger partial charge in [-0.15, -0.1) is 11.3 Å². The number of imidazole rings is 1. The normalized spacial score (nSPS) is 12.3. The number of carbonyl (C=O) groups is 1. The van der Waals surface area contributed by atoms with Gasteiger partial charge in [-0.05, 0) is 31.2 Å². The van der Waals surface area contributed by atoms with Gasteiger partial charge in [0.15, 0.2) is 16.4 Å². The topological polar surface area (TPSA) is 84.6 Å². The van der Waals surface area contributed by atoms with Gasteiger partial charge in [0.1, 0.15) is 23.2 Å². The number of carboxylic acid groups (broad SMARTS) is 1. The third-order valence-electron chi connectivity index (χ3n) is 4.46. The fourth-order valence-corrected chi connectivity index (χ4v) is 4.39. The van der Waals surface area contributed by atoms with Crippen molar-refractivity contribution >= 4 is 51.5 Å². The lowest BCUT2D eigenvalue weighted by Crippen LogP contribution is -2.06. The molecule has 0 aliphatic rings. The lowest BCUT2D eigenvalue weighted by Gasteiger charge is -2.16. The van der Waals surface area contributed by atoms with E-state index in [1.165, 1.54) is 6.07 Å². The Bertz CT molecular complexity index is 1290. The number of rotatable bonds is 5. The average Bonchev–Trinajstić information content (AvgIpc) is 3.29. The molecule has 1 atom stereocenters. The highest BCUT2D eigenvalue weighted by molar-refractivity contribution is 7.16. The van der Waals surface area contributed by atoms with Crippen LogP contribution in [0.5, 0.6) is 11.5 Å². The lowest BCUT2D eigenvalue weighted by molar-refractivity contribution is 0.0695. The Morgan fingerprint density at radius 2 is 2.03 bits per heavy atom. The SMILES string of the molecule is C[C@@H](Oc1cc(-n2cnc3cc(Cl)ccc32)sc1C(=O)O)c1ccc(F)c(O)c1Cl. The van der Waals surface area contributed by atoms with Crippen LogP contribution in [-0.4, -0.2) is 25.7 Å². The highest BCUT2D eigenvalue weighted by Crippen LogP contribution is 2.39. The number of ether oxygens (including phenoxy) is 1. The number of carboxylic acids is 1. The number of hydrogen-bond acceptors (Lipinski definition) is 5. The van der Waals surface area contributed by atoms with Gasteiger partial charge in [0.25, 0.3) is 0 Å². The number of nitrogens with zero attached hydrogens (tertiary/aromatic N) is 2. The molecule has 0 saturated carbocycles. The fraction of sp³-hybridized carbons (Fsp3) is 0.100. The third kappa shape index (κ3) is 3.58. The summed E-state index contributed by atoms with van der Waals surface area (Å²) >= 11 is 13.0. The first-order valence-corrected chi connectivity index (χ1v) is 10.2. The Morgan fingerprint density at radius 3 is 2.77 bits per heavy atom. The first kappa shape index (κ1) is 20.5. The van der Waals surface area contributed by atoms with E-state index in [0.29, 0.717) is 21.1 Å². The Morgan fingerprint density at radius 1 is 1.27 bits per heavy atom. The van der Waals surface area contributed by atoms with Gasteiger partial charge in [-0.1, -0.05) is 29.3 Å². The van der Waals surface area contributed by atoms with Gasteiger partial charge in [-0.25, -0.2) is 14.2 Å². The largest absolute Gasteiger partial charge is 0.504 e. The van der Waals surface area contributed by atoms with Crippen molar-refractivity contribution in [3.8, 4) is 16.5 Å². The maximum atomic E-state index is 13.5. The third-order valence-corrected chi connectivity index (χ3v) is 6.20. The molecular formula is C20H13Cl2FN2O4S. The number of phenols is 1. The Hall–Kier alpha value is -2.81. The standard InChI is InChI=1S/C20H13Cl2FN2O4S/c1-9(11-3-4-12(23)18(26)17(11)22)29-15-7-16(30-19(15)20(27)28)25-8-24-13-6-10(21)2-5-14(13)25/h2-9,26H,1H3,(H,27,28)/t9-/m1/s1. The Balaban J connectivity index is 1.73. The maximum Gasteiger partial charge on any atom is 0.349 e. The first-order chi connectivity index (χ1) is 14.3. The van der Waals surface area contributed by atoms with Gasteiger partial charge in [-0.2, -0.15) is 0 Å².